The molecule has 31 heavy (non-hydrogen) atoms. The summed E-state index contributed by atoms with van der Waals surface area (Å²) in [6.45, 7) is 4.16. The SMILES string of the molecule is Cc1ccccc1[C@@H](C)NS(=O)(=O)c1ccc2c(c1)sc(=O)n2Cc1ccc(Cl)cc1. The number of nitrogens with zero attached hydrogens (tertiary/aromatic N) is 1. The lowest BCUT2D eigenvalue weighted by molar-refractivity contribution is 0.566. The second kappa shape index (κ2) is 8.59. The van der Waals surface area contributed by atoms with Crippen LogP contribution in [0.2, 0.25) is 5.02 Å². The summed E-state index contributed by atoms with van der Waals surface area (Å²) in [5.74, 6) is 0. The maximum atomic E-state index is 13.0. The molecule has 4 aromatic rings. The molecule has 0 aliphatic carbocycles. The third-order valence-corrected chi connectivity index (χ3v) is 7.92. The van der Waals surface area contributed by atoms with E-state index in [9.17, 15) is 13.2 Å². The fraction of sp³-hybridized carbons (Fsp3) is 0.174. The number of halogens is 1. The molecule has 0 aliphatic heterocycles. The molecule has 0 bridgehead atoms. The molecule has 0 amide bonds. The zero-order chi connectivity index (χ0) is 22.2. The van der Waals surface area contributed by atoms with E-state index in [-0.39, 0.29) is 15.8 Å². The topological polar surface area (TPSA) is 68.2 Å². The van der Waals surface area contributed by atoms with Crippen LogP contribution < -0.4 is 9.60 Å². The second-order valence-corrected chi connectivity index (χ2v) is 10.6. The minimum atomic E-state index is -3.75. The average molecular weight is 473 g/mol. The Hall–Kier alpha value is -2.45. The molecule has 1 aromatic heterocycles. The first-order valence-electron chi connectivity index (χ1n) is 9.70. The molecule has 8 heteroatoms. The minimum absolute atomic E-state index is 0.138. The maximum Gasteiger partial charge on any atom is 0.308 e. The number of aromatic nitrogens is 1. The molecule has 0 radical (unpaired) electrons. The molecule has 0 unspecified atom stereocenters. The third kappa shape index (κ3) is 4.60. The van der Waals surface area contributed by atoms with Gasteiger partial charge in [0.15, 0.2) is 0 Å². The van der Waals surface area contributed by atoms with E-state index in [1.165, 1.54) is 0 Å². The van der Waals surface area contributed by atoms with Gasteiger partial charge in [0.2, 0.25) is 10.0 Å². The Morgan fingerprint density at radius 1 is 1.06 bits per heavy atom. The summed E-state index contributed by atoms with van der Waals surface area (Å²) >= 11 is 6.97. The van der Waals surface area contributed by atoms with Gasteiger partial charge in [-0.2, -0.15) is 0 Å². The number of nitrogens with one attached hydrogen (secondary N) is 1. The lowest BCUT2D eigenvalue weighted by atomic mass is 10.0. The number of thiazole rings is 1. The van der Waals surface area contributed by atoms with Crippen LogP contribution in [0.3, 0.4) is 0 Å². The van der Waals surface area contributed by atoms with Gasteiger partial charge in [0, 0.05) is 11.1 Å². The molecule has 0 aliphatic rings. The number of aryl methyl sites for hydroxylation is 1. The summed E-state index contributed by atoms with van der Waals surface area (Å²) in [5, 5.41) is 0.633. The first-order chi connectivity index (χ1) is 14.7. The van der Waals surface area contributed by atoms with E-state index in [2.05, 4.69) is 4.72 Å². The van der Waals surface area contributed by atoms with Gasteiger partial charge in [0.25, 0.3) is 0 Å². The van der Waals surface area contributed by atoms with Crippen LogP contribution in [0, 0.1) is 6.92 Å². The van der Waals surface area contributed by atoms with Crippen molar-refractivity contribution in [3.8, 4) is 0 Å². The van der Waals surface area contributed by atoms with Crippen molar-refractivity contribution in [2.45, 2.75) is 31.3 Å². The molecular weight excluding hydrogens is 452 g/mol. The molecule has 0 saturated heterocycles. The van der Waals surface area contributed by atoms with Crippen molar-refractivity contribution >= 4 is 43.2 Å². The van der Waals surface area contributed by atoms with Crippen LogP contribution in [-0.4, -0.2) is 13.0 Å². The Morgan fingerprint density at radius 2 is 1.77 bits per heavy atom. The monoisotopic (exact) mass is 472 g/mol. The average Bonchev–Trinajstić information content (AvgIpc) is 3.04. The molecule has 0 spiro atoms. The van der Waals surface area contributed by atoms with Crippen molar-refractivity contribution in [1.29, 1.82) is 0 Å². The Kier molecular flexibility index (Phi) is 6.03. The molecule has 3 aromatic carbocycles. The standard InChI is InChI=1S/C23H21ClN2O3S2/c1-15-5-3-4-6-20(15)16(2)25-31(28,29)19-11-12-21-22(13-19)30-23(27)26(21)14-17-7-9-18(24)10-8-17/h3-13,16,25H,14H2,1-2H3/t16-/m1/s1. The van der Waals surface area contributed by atoms with E-state index in [0.29, 0.717) is 21.8 Å². The molecule has 1 heterocycles. The largest absolute Gasteiger partial charge is 0.308 e. The summed E-state index contributed by atoms with van der Waals surface area (Å²) < 4.78 is 31.0. The molecule has 4 rings (SSSR count). The van der Waals surface area contributed by atoms with Crippen molar-refractivity contribution in [2.24, 2.45) is 0 Å². The molecular formula is C23H21ClN2O3S2. The van der Waals surface area contributed by atoms with Crippen LogP contribution in [0.1, 0.15) is 29.7 Å². The van der Waals surface area contributed by atoms with Gasteiger partial charge in [-0.15, -0.1) is 0 Å². The van der Waals surface area contributed by atoms with E-state index in [1.54, 1.807) is 34.9 Å². The molecule has 1 N–H and O–H groups in total. The minimum Gasteiger partial charge on any atom is -0.294 e. The van der Waals surface area contributed by atoms with E-state index >= 15 is 0 Å². The lowest BCUT2D eigenvalue weighted by Gasteiger charge is -2.17. The van der Waals surface area contributed by atoms with Gasteiger partial charge in [0.1, 0.15) is 0 Å². The summed E-state index contributed by atoms with van der Waals surface area (Å²) in [6.07, 6.45) is 0. The molecule has 0 fully saturated rings. The van der Waals surface area contributed by atoms with Crippen LogP contribution in [-0.2, 0) is 16.6 Å². The highest BCUT2D eigenvalue weighted by atomic mass is 35.5. The first-order valence-corrected chi connectivity index (χ1v) is 12.4. The Balaban J connectivity index is 1.64. The summed E-state index contributed by atoms with van der Waals surface area (Å²) in [6, 6.07) is 19.4. The highest BCUT2D eigenvalue weighted by molar-refractivity contribution is 7.89. The van der Waals surface area contributed by atoms with Gasteiger partial charge in [-0.05, 0) is 60.9 Å². The van der Waals surface area contributed by atoms with Crippen molar-refractivity contribution < 1.29 is 8.42 Å². The van der Waals surface area contributed by atoms with Crippen LogP contribution in [0.5, 0.6) is 0 Å². The zero-order valence-corrected chi connectivity index (χ0v) is 19.4. The van der Waals surface area contributed by atoms with Crippen LogP contribution >= 0.6 is 22.9 Å². The highest BCUT2D eigenvalue weighted by Gasteiger charge is 2.21. The number of rotatable bonds is 6. The van der Waals surface area contributed by atoms with E-state index in [4.69, 9.17) is 11.6 Å². The second-order valence-electron chi connectivity index (χ2n) is 7.41. The number of sulfonamides is 1. The number of hydrogen-bond donors (Lipinski definition) is 1. The van der Waals surface area contributed by atoms with Crippen LogP contribution in [0.15, 0.2) is 76.4 Å². The highest BCUT2D eigenvalue weighted by Crippen LogP contribution is 2.25. The molecule has 0 saturated carbocycles. The Bertz CT molecular complexity index is 1410. The quantitative estimate of drug-likeness (QED) is 0.424. The van der Waals surface area contributed by atoms with Gasteiger partial charge in [0.05, 0.1) is 21.7 Å². The van der Waals surface area contributed by atoms with Crippen LogP contribution in [0.25, 0.3) is 10.2 Å². The zero-order valence-electron chi connectivity index (χ0n) is 17.0. The predicted octanol–water partition coefficient (Wildman–Crippen LogP) is 5.11. The van der Waals surface area contributed by atoms with Crippen molar-refractivity contribution in [1.82, 2.24) is 9.29 Å². The molecule has 1 atom stereocenters. The fourth-order valence-electron chi connectivity index (χ4n) is 3.57. The first kappa shape index (κ1) is 21.8. The van der Waals surface area contributed by atoms with Crippen molar-refractivity contribution in [3.63, 3.8) is 0 Å². The number of fused-ring (bicyclic) bond motifs is 1. The van der Waals surface area contributed by atoms with E-state index < -0.39 is 10.0 Å². The number of hydrogen-bond acceptors (Lipinski definition) is 4. The van der Waals surface area contributed by atoms with Crippen LogP contribution in [0.4, 0.5) is 0 Å². The summed E-state index contributed by atoms with van der Waals surface area (Å²) in [7, 11) is -3.75. The van der Waals surface area contributed by atoms with Gasteiger partial charge in [-0.3, -0.25) is 9.36 Å². The van der Waals surface area contributed by atoms with Gasteiger partial charge in [-0.25, -0.2) is 13.1 Å². The Morgan fingerprint density at radius 3 is 2.48 bits per heavy atom. The van der Waals surface area contributed by atoms with Gasteiger partial charge in [-0.1, -0.05) is 59.3 Å². The Labute approximate surface area is 190 Å². The smallest absolute Gasteiger partial charge is 0.294 e. The van der Waals surface area contributed by atoms with E-state index in [0.717, 1.165) is 28.0 Å². The maximum absolute atomic E-state index is 13.0. The normalized spacial score (nSPS) is 12.9. The van der Waals surface area contributed by atoms with Crippen molar-refractivity contribution in [2.75, 3.05) is 0 Å². The molecule has 5 nitrogen and oxygen atoms in total. The summed E-state index contributed by atoms with van der Waals surface area (Å²) in [4.78, 5) is 12.6. The number of benzene rings is 3. The van der Waals surface area contributed by atoms with Gasteiger partial charge < -0.3 is 0 Å². The van der Waals surface area contributed by atoms with Gasteiger partial charge >= 0.3 is 4.87 Å². The third-order valence-electron chi connectivity index (χ3n) is 5.19. The van der Waals surface area contributed by atoms with E-state index in [1.807, 2.05) is 50.2 Å². The predicted molar refractivity (Wildman–Crippen MR) is 127 cm³/mol. The lowest BCUT2D eigenvalue weighted by Crippen LogP contribution is -2.27. The summed E-state index contributed by atoms with van der Waals surface area (Å²) in [5.41, 5.74) is 3.59. The van der Waals surface area contributed by atoms with Crippen molar-refractivity contribution in [3.05, 3.63) is 98.1 Å². The molecule has 160 valence electrons. The fourth-order valence-corrected chi connectivity index (χ4v) is 5.95.